The van der Waals surface area contributed by atoms with Crippen molar-refractivity contribution in [2.24, 2.45) is 0 Å². The van der Waals surface area contributed by atoms with Gasteiger partial charge in [-0.15, -0.1) is 0 Å². The van der Waals surface area contributed by atoms with E-state index in [4.69, 9.17) is 16.9 Å². The first kappa shape index (κ1) is 10.7. The van der Waals surface area contributed by atoms with E-state index in [0.717, 1.165) is 6.07 Å². The Balaban J connectivity index is 3.15. The molecule has 0 unspecified atom stereocenters. The van der Waals surface area contributed by atoms with Crippen molar-refractivity contribution >= 4 is 11.6 Å². The van der Waals surface area contributed by atoms with Gasteiger partial charge in [0.1, 0.15) is 17.6 Å². The van der Waals surface area contributed by atoms with E-state index >= 15 is 0 Å². The van der Waals surface area contributed by atoms with Gasteiger partial charge >= 0.3 is 6.61 Å². The second kappa shape index (κ2) is 4.20. The largest absolute Gasteiger partial charge is 0.433 e. The van der Waals surface area contributed by atoms with Crippen molar-refractivity contribution in [1.29, 1.82) is 5.26 Å². The summed E-state index contributed by atoms with van der Waals surface area (Å²) in [4.78, 5) is 0. The Morgan fingerprint density at radius 2 is 2.07 bits per heavy atom. The monoisotopic (exact) mass is 221 g/mol. The van der Waals surface area contributed by atoms with E-state index in [0.29, 0.717) is 6.07 Å². The zero-order chi connectivity index (χ0) is 10.7. The number of nitrogens with zero attached hydrogens (tertiary/aromatic N) is 1. The molecule has 0 atom stereocenters. The standard InChI is InChI=1S/C8H3ClF3NO/c9-5-1-4(3-13)7(2-6(5)10)14-8(11)12/h1-2,8H. The Kier molecular flexibility index (Phi) is 3.20. The fraction of sp³-hybridized carbons (Fsp3) is 0.125. The molecule has 0 saturated heterocycles. The number of benzene rings is 1. The summed E-state index contributed by atoms with van der Waals surface area (Å²) in [7, 11) is 0. The highest BCUT2D eigenvalue weighted by Crippen LogP contribution is 2.26. The van der Waals surface area contributed by atoms with Crippen LogP contribution < -0.4 is 4.74 Å². The third-order valence-corrected chi connectivity index (χ3v) is 1.65. The van der Waals surface area contributed by atoms with E-state index in [1.54, 1.807) is 6.07 Å². The van der Waals surface area contributed by atoms with Crippen molar-refractivity contribution in [1.82, 2.24) is 0 Å². The Morgan fingerprint density at radius 1 is 1.43 bits per heavy atom. The van der Waals surface area contributed by atoms with Crippen LogP contribution in [0.5, 0.6) is 5.75 Å². The summed E-state index contributed by atoms with van der Waals surface area (Å²) in [6, 6.07) is 3.13. The third-order valence-electron chi connectivity index (χ3n) is 1.36. The molecule has 0 aliphatic heterocycles. The van der Waals surface area contributed by atoms with Crippen molar-refractivity contribution in [3.63, 3.8) is 0 Å². The lowest BCUT2D eigenvalue weighted by Gasteiger charge is -2.06. The number of ether oxygens (including phenoxy) is 1. The molecule has 1 aromatic carbocycles. The smallest absolute Gasteiger partial charge is 0.387 e. The van der Waals surface area contributed by atoms with Gasteiger partial charge in [0.05, 0.1) is 10.6 Å². The molecule has 0 saturated carbocycles. The van der Waals surface area contributed by atoms with Crippen molar-refractivity contribution in [2.45, 2.75) is 6.61 Å². The van der Waals surface area contributed by atoms with Crippen LogP contribution in [0, 0.1) is 17.1 Å². The zero-order valence-electron chi connectivity index (χ0n) is 6.60. The lowest BCUT2D eigenvalue weighted by atomic mass is 10.2. The van der Waals surface area contributed by atoms with Crippen LogP contribution in [0.4, 0.5) is 13.2 Å². The Bertz CT molecular complexity index is 389. The molecule has 1 rings (SSSR count). The van der Waals surface area contributed by atoms with Crippen molar-refractivity contribution < 1.29 is 17.9 Å². The first-order chi connectivity index (χ1) is 6.54. The minimum absolute atomic E-state index is 0.239. The second-order valence-electron chi connectivity index (χ2n) is 2.25. The molecule has 0 amide bonds. The maximum Gasteiger partial charge on any atom is 0.387 e. The molecule has 0 radical (unpaired) electrons. The van der Waals surface area contributed by atoms with Crippen LogP contribution in [0.25, 0.3) is 0 Å². The van der Waals surface area contributed by atoms with Crippen LogP contribution in [-0.4, -0.2) is 6.61 Å². The second-order valence-corrected chi connectivity index (χ2v) is 2.66. The molecule has 14 heavy (non-hydrogen) atoms. The molecular weight excluding hydrogens is 219 g/mol. The van der Waals surface area contributed by atoms with Gasteiger partial charge in [0.25, 0.3) is 0 Å². The Morgan fingerprint density at radius 3 is 2.57 bits per heavy atom. The molecule has 0 aromatic heterocycles. The minimum atomic E-state index is -3.11. The average molecular weight is 222 g/mol. The van der Waals surface area contributed by atoms with Crippen LogP contribution in [-0.2, 0) is 0 Å². The molecule has 0 spiro atoms. The lowest BCUT2D eigenvalue weighted by molar-refractivity contribution is -0.0501. The zero-order valence-corrected chi connectivity index (χ0v) is 7.36. The molecular formula is C8H3ClF3NO. The summed E-state index contributed by atoms with van der Waals surface area (Å²) < 4.78 is 40.3. The SMILES string of the molecule is N#Cc1cc(Cl)c(F)cc1OC(F)F. The van der Waals surface area contributed by atoms with Crippen LogP contribution in [0.15, 0.2) is 12.1 Å². The van der Waals surface area contributed by atoms with Gasteiger partial charge in [0, 0.05) is 6.07 Å². The van der Waals surface area contributed by atoms with Gasteiger partial charge in [-0.3, -0.25) is 0 Å². The highest BCUT2D eigenvalue weighted by Gasteiger charge is 2.13. The fourth-order valence-corrected chi connectivity index (χ4v) is 0.973. The summed E-state index contributed by atoms with van der Waals surface area (Å²) in [5.41, 5.74) is -0.239. The quantitative estimate of drug-likeness (QED) is 0.769. The van der Waals surface area contributed by atoms with Gasteiger partial charge < -0.3 is 4.74 Å². The minimum Gasteiger partial charge on any atom is -0.433 e. The topological polar surface area (TPSA) is 33.0 Å². The number of halogens is 4. The Labute approximate surface area is 82.5 Å². The van der Waals surface area contributed by atoms with Gasteiger partial charge in [0.2, 0.25) is 0 Å². The first-order valence-corrected chi connectivity index (χ1v) is 3.76. The summed E-state index contributed by atoms with van der Waals surface area (Å²) in [5.74, 6) is -1.44. The van der Waals surface area contributed by atoms with Gasteiger partial charge in [-0.1, -0.05) is 11.6 Å². The lowest BCUT2D eigenvalue weighted by Crippen LogP contribution is -2.04. The Hall–Kier alpha value is -1.41. The van der Waals surface area contributed by atoms with E-state index in [9.17, 15) is 13.2 Å². The summed E-state index contributed by atoms with van der Waals surface area (Å²) >= 11 is 5.33. The molecule has 1 aromatic rings. The summed E-state index contributed by atoms with van der Waals surface area (Å²) in [6.07, 6.45) is 0. The number of nitriles is 1. The number of alkyl halides is 2. The first-order valence-electron chi connectivity index (χ1n) is 3.38. The maximum atomic E-state index is 12.8. The predicted molar refractivity (Wildman–Crippen MR) is 42.8 cm³/mol. The average Bonchev–Trinajstić information content (AvgIpc) is 2.10. The van der Waals surface area contributed by atoms with Crippen molar-refractivity contribution in [2.75, 3.05) is 0 Å². The van der Waals surface area contributed by atoms with Gasteiger partial charge in [0.15, 0.2) is 0 Å². The van der Waals surface area contributed by atoms with E-state index in [-0.39, 0.29) is 10.6 Å². The highest BCUT2D eigenvalue weighted by molar-refractivity contribution is 6.30. The van der Waals surface area contributed by atoms with E-state index in [1.807, 2.05) is 0 Å². The van der Waals surface area contributed by atoms with Crippen molar-refractivity contribution in [3.8, 4) is 11.8 Å². The molecule has 74 valence electrons. The van der Waals surface area contributed by atoms with Crippen molar-refractivity contribution in [3.05, 3.63) is 28.5 Å². The number of rotatable bonds is 2. The molecule has 0 aliphatic carbocycles. The van der Waals surface area contributed by atoms with Crippen LogP contribution >= 0.6 is 11.6 Å². The molecule has 0 bridgehead atoms. The molecule has 0 aliphatic rings. The summed E-state index contributed by atoms with van der Waals surface area (Å²) in [6.45, 7) is -3.11. The normalized spacial score (nSPS) is 10.0. The molecule has 0 N–H and O–H groups in total. The molecule has 6 heteroatoms. The molecule has 2 nitrogen and oxygen atoms in total. The van der Waals surface area contributed by atoms with E-state index in [1.165, 1.54) is 0 Å². The number of hydrogen-bond acceptors (Lipinski definition) is 2. The van der Waals surface area contributed by atoms with Crippen LogP contribution in [0.3, 0.4) is 0 Å². The third kappa shape index (κ3) is 2.30. The van der Waals surface area contributed by atoms with Crippen LogP contribution in [0.1, 0.15) is 5.56 Å². The summed E-state index contributed by atoms with van der Waals surface area (Å²) in [5, 5.41) is 8.17. The maximum absolute atomic E-state index is 12.8. The van der Waals surface area contributed by atoms with Gasteiger partial charge in [-0.25, -0.2) is 4.39 Å². The van der Waals surface area contributed by atoms with E-state index < -0.39 is 18.2 Å². The molecule has 0 heterocycles. The van der Waals surface area contributed by atoms with Crippen LogP contribution in [0.2, 0.25) is 5.02 Å². The molecule has 0 fully saturated rings. The highest BCUT2D eigenvalue weighted by atomic mass is 35.5. The van der Waals surface area contributed by atoms with Gasteiger partial charge in [-0.05, 0) is 6.07 Å². The number of hydrogen-bond donors (Lipinski definition) is 0. The predicted octanol–water partition coefficient (Wildman–Crippen LogP) is 2.95. The fourth-order valence-electron chi connectivity index (χ4n) is 0.809. The van der Waals surface area contributed by atoms with Gasteiger partial charge in [-0.2, -0.15) is 14.0 Å². The van der Waals surface area contributed by atoms with E-state index in [2.05, 4.69) is 4.74 Å².